The standard InChI is InChI=1S/C52H66N8O7/c1-33(53-3)47(61)57-43(51(65)59-29-11-23-44(59)49(63)55-41-21-9-17-36-15-5-7-19-39(36)41)32-67-31-13-14-35-25-27-38(28-26-35)46(58-48(62)34(2)54-4)52(66)60-30-12-24-45(60)50(64)56-42-22-10-18-37-16-6-8-20-40(37)42/h5-8,15-16,19-20,25-28,33-34,41-46,53-54H,9-12,17-18,21-24,29-32H2,1-4H3,(H,55,63)(H,56,64)(H,57,61)(H,58,62)/t33-,34-,41+,42+,43-,44-,45-,46-/m0/s1. The second kappa shape index (κ2) is 23.1. The van der Waals surface area contributed by atoms with Gasteiger partial charge >= 0.3 is 0 Å². The molecule has 0 unspecified atom stereocenters. The van der Waals surface area contributed by atoms with Crippen LogP contribution in [0.3, 0.4) is 0 Å². The number of likely N-dealkylation sites (N-methyl/N-ethyl adjacent to an activating group) is 2. The van der Waals surface area contributed by atoms with Crippen molar-refractivity contribution in [3.63, 3.8) is 0 Å². The molecule has 0 saturated carbocycles. The first kappa shape index (κ1) is 48.8. The number of benzene rings is 3. The van der Waals surface area contributed by atoms with Crippen LogP contribution in [0.1, 0.15) is 117 Å². The Morgan fingerprint density at radius 1 is 0.642 bits per heavy atom. The minimum atomic E-state index is -1.05. The van der Waals surface area contributed by atoms with E-state index in [2.05, 4.69) is 68.0 Å². The molecule has 7 rings (SSSR count). The maximum Gasteiger partial charge on any atom is 0.250 e. The first-order valence-electron chi connectivity index (χ1n) is 24.0. The van der Waals surface area contributed by atoms with Gasteiger partial charge in [0.25, 0.3) is 0 Å². The molecule has 2 saturated heterocycles. The van der Waals surface area contributed by atoms with Gasteiger partial charge in [0.1, 0.15) is 30.8 Å². The third kappa shape index (κ3) is 11.9. The second-order valence-electron chi connectivity index (χ2n) is 18.1. The van der Waals surface area contributed by atoms with Crippen molar-refractivity contribution in [2.24, 2.45) is 0 Å². The third-order valence-corrected chi connectivity index (χ3v) is 13.8. The van der Waals surface area contributed by atoms with Gasteiger partial charge < -0.3 is 46.4 Å². The van der Waals surface area contributed by atoms with Crippen LogP contribution in [0.15, 0.2) is 72.8 Å². The number of carbonyl (C=O) groups is 6. The molecule has 0 spiro atoms. The summed E-state index contributed by atoms with van der Waals surface area (Å²) >= 11 is 0. The van der Waals surface area contributed by atoms with Crippen LogP contribution in [0.25, 0.3) is 0 Å². The molecule has 4 aliphatic rings. The lowest BCUT2D eigenvalue weighted by Gasteiger charge is -2.32. The molecule has 15 heteroatoms. The molecule has 67 heavy (non-hydrogen) atoms. The monoisotopic (exact) mass is 915 g/mol. The molecule has 2 fully saturated rings. The number of amides is 6. The van der Waals surface area contributed by atoms with Crippen LogP contribution in [0, 0.1) is 11.8 Å². The quantitative estimate of drug-likeness (QED) is 0.0926. The summed E-state index contributed by atoms with van der Waals surface area (Å²) < 4.78 is 5.90. The minimum absolute atomic E-state index is 0.0576. The van der Waals surface area contributed by atoms with E-state index >= 15 is 0 Å². The molecule has 15 nitrogen and oxygen atoms in total. The molecule has 0 bridgehead atoms. The lowest BCUT2D eigenvalue weighted by atomic mass is 9.87. The number of nitrogens with one attached hydrogen (secondary N) is 6. The van der Waals surface area contributed by atoms with Gasteiger partial charge in [0.15, 0.2) is 0 Å². The van der Waals surface area contributed by atoms with Crippen molar-refractivity contribution in [2.75, 3.05) is 40.4 Å². The summed E-state index contributed by atoms with van der Waals surface area (Å²) in [5, 5.41) is 18.0. The fourth-order valence-electron chi connectivity index (χ4n) is 9.73. The Labute approximate surface area is 394 Å². The van der Waals surface area contributed by atoms with E-state index in [1.165, 1.54) is 11.1 Å². The third-order valence-electron chi connectivity index (χ3n) is 13.8. The second-order valence-corrected chi connectivity index (χ2v) is 18.1. The maximum absolute atomic E-state index is 14.4. The summed E-state index contributed by atoms with van der Waals surface area (Å²) in [4.78, 5) is 85.5. The van der Waals surface area contributed by atoms with Crippen LogP contribution >= 0.6 is 0 Å². The van der Waals surface area contributed by atoms with Crippen molar-refractivity contribution in [3.8, 4) is 11.8 Å². The summed E-state index contributed by atoms with van der Waals surface area (Å²) in [6, 6.07) is 18.5. The van der Waals surface area contributed by atoms with Gasteiger partial charge in [-0.15, -0.1) is 0 Å². The molecule has 356 valence electrons. The molecule has 0 radical (unpaired) electrons. The minimum Gasteiger partial charge on any atom is -0.366 e. The van der Waals surface area contributed by atoms with Crippen LogP contribution in [-0.2, 0) is 46.3 Å². The number of rotatable bonds is 16. The summed E-state index contributed by atoms with van der Waals surface area (Å²) in [5.41, 5.74) is 5.87. The molecule has 3 aromatic rings. The number of hydrogen-bond acceptors (Lipinski definition) is 9. The number of carbonyl (C=O) groups excluding carboxylic acids is 6. The topological polar surface area (TPSA) is 190 Å². The number of hydrogen-bond donors (Lipinski definition) is 6. The number of likely N-dealkylation sites (tertiary alicyclic amines) is 2. The molecule has 3 aromatic carbocycles. The van der Waals surface area contributed by atoms with Crippen LogP contribution in [0.2, 0.25) is 0 Å². The van der Waals surface area contributed by atoms with E-state index in [4.69, 9.17) is 4.74 Å². The molecular formula is C52H66N8O7. The number of aryl methyl sites for hydroxylation is 2. The van der Waals surface area contributed by atoms with Gasteiger partial charge in [-0.2, -0.15) is 0 Å². The molecular weight excluding hydrogens is 849 g/mol. The average molecular weight is 915 g/mol. The zero-order chi connectivity index (χ0) is 47.5. The zero-order valence-electron chi connectivity index (χ0n) is 39.2. The first-order valence-corrected chi connectivity index (χ1v) is 24.0. The Balaban J connectivity index is 0.986. The Morgan fingerprint density at radius 2 is 1.15 bits per heavy atom. The van der Waals surface area contributed by atoms with E-state index in [9.17, 15) is 28.8 Å². The Hall–Kier alpha value is -6.08. The van der Waals surface area contributed by atoms with Gasteiger partial charge in [0, 0.05) is 18.7 Å². The van der Waals surface area contributed by atoms with Crippen LogP contribution in [0.5, 0.6) is 0 Å². The van der Waals surface area contributed by atoms with E-state index in [1.807, 2.05) is 24.3 Å². The van der Waals surface area contributed by atoms with E-state index < -0.39 is 42.2 Å². The lowest BCUT2D eigenvalue weighted by Crippen LogP contribution is -2.57. The summed E-state index contributed by atoms with van der Waals surface area (Å²) in [6.45, 7) is 3.96. The highest BCUT2D eigenvalue weighted by atomic mass is 16.5. The summed E-state index contributed by atoms with van der Waals surface area (Å²) in [7, 11) is 3.33. The van der Waals surface area contributed by atoms with Crippen molar-refractivity contribution >= 4 is 35.4 Å². The first-order chi connectivity index (χ1) is 32.5. The van der Waals surface area contributed by atoms with Crippen LogP contribution in [0.4, 0.5) is 0 Å². The van der Waals surface area contributed by atoms with Crippen LogP contribution in [-0.4, -0.2) is 116 Å². The van der Waals surface area contributed by atoms with Crippen molar-refractivity contribution in [3.05, 3.63) is 106 Å². The SMILES string of the molecule is CN[C@@H](C)C(=O)N[C@@H](COCC#Cc1ccc([C@H](NC(=O)[C@H](C)NC)C(=O)N2CCC[C@H]2C(=O)N[C@@H]2CCCc3ccccc32)cc1)C(=O)N1CCC[C@H]1C(=O)N[C@@H]1CCCc2ccccc21. The summed E-state index contributed by atoms with van der Waals surface area (Å²) in [5.74, 6) is 4.16. The van der Waals surface area contributed by atoms with Crippen molar-refractivity contribution in [1.82, 2.24) is 41.7 Å². The average Bonchev–Trinajstić information content (AvgIpc) is 4.06. The van der Waals surface area contributed by atoms with Crippen molar-refractivity contribution < 1.29 is 33.5 Å². The summed E-state index contributed by atoms with van der Waals surface area (Å²) in [6.07, 6.45) is 7.91. The van der Waals surface area contributed by atoms with Crippen molar-refractivity contribution in [1.29, 1.82) is 0 Å². The van der Waals surface area contributed by atoms with E-state index in [-0.39, 0.29) is 54.8 Å². The van der Waals surface area contributed by atoms with Crippen LogP contribution < -0.4 is 31.9 Å². The Morgan fingerprint density at radius 3 is 1.69 bits per heavy atom. The number of ether oxygens (including phenoxy) is 1. The highest BCUT2D eigenvalue weighted by molar-refractivity contribution is 5.95. The molecule has 0 aromatic heterocycles. The predicted octanol–water partition coefficient (Wildman–Crippen LogP) is 3.28. The molecule has 6 N–H and O–H groups in total. The van der Waals surface area contributed by atoms with Gasteiger partial charge in [-0.25, -0.2) is 0 Å². The van der Waals surface area contributed by atoms with Gasteiger partial charge in [-0.1, -0.05) is 72.5 Å². The lowest BCUT2D eigenvalue weighted by molar-refractivity contribution is -0.143. The molecule has 2 heterocycles. The van der Waals surface area contributed by atoms with E-state index in [0.29, 0.717) is 49.9 Å². The number of fused-ring (bicyclic) bond motifs is 2. The van der Waals surface area contributed by atoms with Crippen molar-refractivity contribution in [2.45, 2.75) is 126 Å². The fourth-order valence-corrected chi connectivity index (χ4v) is 9.73. The van der Waals surface area contributed by atoms with Gasteiger partial charge in [-0.3, -0.25) is 28.8 Å². The molecule has 2 aliphatic heterocycles. The Bertz CT molecular complexity index is 2330. The molecule has 8 atom stereocenters. The molecule has 6 amide bonds. The number of nitrogens with zero attached hydrogens (tertiary/aromatic N) is 2. The highest BCUT2D eigenvalue weighted by Crippen LogP contribution is 2.32. The van der Waals surface area contributed by atoms with Gasteiger partial charge in [-0.05, 0) is 132 Å². The zero-order valence-corrected chi connectivity index (χ0v) is 39.2. The fraction of sp³-hybridized carbons (Fsp3) is 0.500. The highest BCUT2D eigenvalue weighted by Gasteiger charge is 2.41. The smallest absolute Gasteiger partial charge is 0.250 e. The Kier molecular flexibility index (Phi) is 16.8. The van der Waals surface area contributed by atoms with E-state index in [1.54, 1.807) is 62.0 Å². The van der Waals surface area contributed by atoms with E-state index in [0.717, 1.165) is 49.7 Å². The van der Waals surface area contributed by atoms with Gasteiger partial charge in [0.05, 0.1) is 30.8 Å². The van der Waals surface area contributed by atoms with Gasteiger partial charge in [0.2, 0.25) is 35.4 Å². The normalized spacial score (nSPS) is 21.6. The largest absolute Gasteiger partial charge is 0.366 e. The molecule has 2 aliphatic carbocycles. The maximum atomic E-state index is 14.4. The predicted molar refractivity (Wildman–Crippen MR) is 254 cm³/mol.